The van der Waals surface area contributed by atoms with E-state index in [2.05, 4.69) is 9.78 Å². The third-order valence-corrected chi connectivity index (χ3v) is 9.76. The first-order valence-corrected chi connectivity index (χ1v) is 23.7. The van der Waals surface area contributed by atoms with Crippen molar-refractivity contribution in [1.29, 1.82) is 0 Å². The maximum absolute atomic E-state index is 12.2. The van der Waals surface area contributed by atoms with Crippen LogP contribution in [0.3, 0.4) is 0 Å². The van der Waals surface area contributed by atoms with E-state index in [1.54, 1.807) is 96.3 Å². The van der Waals surface area contributed by atoms with E-state index in [1.165, 1.54) is 13.8 Å². The van der Waals surface area contributed by atoms with E-state index in [0.717, 1.165) is 36.9 Å². The number of aliphatic hydroxyl groups is 1. The Balaban J connectivity index is 0.000000853. The van der Waals surface area contributed by atoms with E-state index in [-0.39, 0.29) is 24.4 Å². The molecule has 0 atom stereocenters. The minimum Gasteiger partial charge on any atom is -0.382 e. The summed E-state index contributed by atoms with van der Waals surface area (Å²) in [7, 11) is 0. The van der Waals surface area contributed by atoms with Crippen LogP contribution in [0.1, 0.15) is 129 Å². The van der Waals surface area contributed by atoms with Crippen LogP contribution in [0.4, 0.5) is 0 Å². The molecule has 0 aliphatic rings. The van der Waals surface area contributed by atoms with Crippen molar-refractivity contribution in [1.82, 2.24) is 0 Å². The predicted molar refractivity (Wildman–Crippen MR) is 290 cm³/mol. The van der Waals surface area contributed by atoms with Crippen LogP contribution >= 0.6 is 11.3 Å². The Morgan fingerprint density at radius 2 is 0.754 bits per heavy atom. The summed E-state index contributed by atoms with van der Waals surface area (Å²) in [6.07, 6.45) is 0. The van der Waals surface area contributed by atoms with Crippen LogP contribution in [-0.2, 0) is 9.78 Å². The predicted octanol–water partition coefficient (Wildman–Crippen LogP) is 15.6. The first kappa shape index (κ1) is 61.7. The smallest absolute Gasteiger partial charge is 0.382 e. The molecule has 0 radical (unpaired) electrons. The minimum absolute atomic E-state index is 0. The molecule has 8 nitrogen and oxygen atoms in total. The summed E-state index contributed by atoms with van der Waals surface area (Å²) in [6.45, 7) is 21.0. The second-order valence-corrected chi connectivity index (χ2v) is 14.8. The summed E-state index contributed by atoms with van der Waals surface area (Å²) >= 11 is 1.67. The van der Waals surface area contributed by atoms with Crippen molar-refractivity contribution in [2.24, 2.45) is 0 Å². The van der Waals surface area contributed by atoms with Crippen LogP contribution in [0.5, 0.6) is 0 Å². The van der Waals surface area contributed by atoms with Gasteiger partial charge >= 0.3 is 11.9 Å². The third-order valence-electron chi connectivity index (χ3n) is 8.61. The fourth-order valence-corrected chi connectivity index (χ4v) is 6.58. The second-order valence-electron chi connectivity index (χ2n) is 13.7. The number of hydrogen-bond donors (Lipinski definition) is 1. The summed E-state index contributed by atoms with van der Waals surface area (Å²) < 4.78 is 2.12. The SMILES string of the molecule is C.CC.CC.CC.CC.CC(C)(O)C(=O)c1ccccc1.Cc1ccc2sc3ccccc3c(=O)c2c1.O=C(OOC(=O)c1ccccc1)c1ccccc1.O=C(c1ccccc1)c1ccccc1. The van der Waals surface area contributed by atoms with Gasteiger partial charge in [-0.2, -0.15) is 0 Å². The molecule has 69 heavy (non-hydrogen) atoms. The lowest BCUT2D eigenvalue weighted by Crippen LogP contribution is -2.30. The van der Waals surface area contributed by atoms with E-state index in [9.17, 15) is 29.1 Å². The Hall–Kier alpha value is -7.33. The lowest BCUT2D eigenvalue weighted by atomic mass is 9.97. The van der Waals surface area contributed by atoms with Gasteiger partial charge < -0.3 is 5.11 Å². The molecule has 9 heteroatoms. The van der Waals surface area contributed by atoms with Gasteiger partial charge in [-0.3, -0.25) is 14.4 Å². The number of carbonyl (C=O) groups excluding carboxylic acids is 4. The number of aryl methyl sites for hydroxylation is 1. The zero-order chi connectivity index (χ0) is 50.9. The van der Waals surface area contributed by atoms with Crippen molar-refractivity contribution in [3.05, 3.63) is 238 Å². The molecule has 0 aliphatic carbocycles. The highest BCUT2D eigenvalue weighted by Crippen LogP contribution is 2.25. The molecule has 8 aromatic rings. The number of rotatable bonds is 6. The molecule has 0 saturated carbocycles. The van der Waals surface area contributed by atoms with Crippen molar-refractivity contribution in [2.45, 2.75) is 89.2 Å². The van der Waals surface area contributed by atoms with Gasteiger partial charge in [0.25, 0.3) is 0 Å². The first-order chi connectivity index (χ1) is 32.9. The van der Waals surface area contributed by atoms with Crippen LogP contribution in [0, 0.1) is 6.92 Å². The molecule has 1 heterocycles. The van der Waals surface area contributed by atoms with Gasteiger partial charge in [-0.1, -0.05) is 214 Å². The average Bonchev–Trinajstić information content (AvgIpc) is 3.41. The Morgan fingerprint density at radius 3 is 1.13 bits per heavy atom. The monoisotopic (exact) mass is 950 g/mol. The van der Waals surface area contributed by atoms with Gasteiger partial charge in [-0.25, -0.2) is 19.4 Å². The fraction of sp³-hybridized carbons (Fsp3) is 0.217. The lowest BCUT2D eigenvalue weighted by Gasteiger charge is -2.14. The average molecular weight is 951 g/mol. The fourth-order valence-electron chi connectivity index (χ4n) is 5.53. The van der Waals surface area contributed by atoms with Gasteiger partial charge in [0.05, 0.1) is 11.1 Å². The van der Waals surface area contributed by atoms with Crippen LogP contribution in [-0.4, -0.2) is 34.2 Å². The molecular formula is C60H70O8S. The Bertz CT molecular complexity index is 2620. The van der Waals surface area contributed by atoms with Gasteiger partial charge in [0.15, 0.2) is 17.0 Å². The van der Waals surface area contributed by atoms with Crippen LogP contribution in [0.15, 0.2) is 199 Å². The highest BCUT2D eigenvalue weighted by atomic mass is 32.1. The highest BCUT2D eigenvalue weighted by Gasteiger charge is 2.24. The van der Waals surface area contributed by atoms with Crippen molar-refractivity contribution in [2.75, 3.05) is 0 Å². The molecule has 0 bridgehead atoms. The summed E-state index contributed by atoms with van der Waals surface area (Å²) in [4.78, 5) is 67.4. The van der Waals surface area contributed by atoms with Gasteiger partial charge in [0.1, 0.15) is 5.60 Å². The number of ketones is 2. The van der Waals surface area contributed by atoms with E-state index in [0.29, 0.717) is 16.7 Å². The van der Waals surface area contributed by atoms with E-state index in [1.807, 2.05) is 172 Å². The molecular weight excluding hydrogens is 881 g/mol. The number of carbonyl (C=O) groups is 4. The Labute approximate surface area is 414 Å². The van der Waals surface area contributed by atoms with Crippen molar-refractivity contribution < 1.29 is 34.1 Å². The van der Waals surface area contributed by atoms with Gasteiger partial charge in [-0.15, -0.1) is 11.3 Å². The molecule has 0 aliphatic heterocycles. The Kier molecular flexibility index (Phi) is 31.2. The summed E-state index contributed by atoms with van der Waals surface area (Å²) in [5.74, 6) is -1.59. The van der Waals surface area contributed by atoms with Gasteiger partial charge in [0.2, 0.25) is 0 Å². The van der Waals surface area contributed by atoms with Crippen molar-refractivity contribution in [3.63, 3.8) is 0 Å². The normalized spacial score (nSPS) is 9.33. The lowest BCUT2D eigenvalue weighted by molar-refractivity contribution is -0.187. The Morgan fingerprint density at radius 1 is 0.435 bits per heavy atom. The van der Waals surface area contributed by atoms with Crippen LogP contribution in [0.2, 0.25) is 0 Å². The van der Waals surface area contributed by atoms with Gasteiger partial charge in [-0.05, 0) is 69.3 Å². The molecule has 1 N–H and O–H groups in total. The topological polar surface area (TPSA) is 124 Å². The maximum Gasteiger partial charge on any atom is 0.386 e. The molecule has 0 amide bonds. The van der Waals surface area contributed by atoms with Gasteiger partial charge in [0, 0.05) is 36.9 Å². The molecule has 364 valence electrons. The van der Waals surface area contributed by atoms with Crippen molar-refractivity contribution in [3.8, 4) is 0 Å². The summed E-state index contributed by atoms with van der Waals surface area (Å²) in [5.41, 5.74) is 2.65. The number of fused-ring (bicyclic) bond motifs is 2. The summed E-state index contributed by atoms with van der Waals surface area (Å²) in [6, 6.07) is 57.8. The van der Waals surface area contributed by atoms with E-state index < -0.39 is 17.5 Å². The quantitative estimate of drug-likeness (QED) is 0.0756. The molecule has 8 rings (SSSR count). The molecule has 0 spiro atoms. The maximum atomic E-state index is 12.2. The largest absolute Gasteiger partial charge is 0.386 e. The van der Waals surface area contributed by atoms with Crippen molar-refractivity contribution >= 4 is 55.0 Å². The molecule has 0 unspecified atom stereocenters. The highest BCUT2D eigenvalue weighted by molar-refractivity contribution is 7.24. The molecule has 1 aromatic heterocycles. The number of Topliss-reactive ketones (excluding diaryl/α,β-unsaturated/α-hetero) is 1. The number of benzene rings is 7. The van der Waals surface area contributed by atoms with Crippen LogP contribution in [0.25, 0.3) is 20.2 Å². The first-order valence-electron chi connectivity index (χ1n) is 22.8. The van der Waals surface area contributed by atoms with E-state index in [4.69, 9.17) is 0 Å². The van der Waals surface area contributed by atoms with E-state index >= 15 is 0 Å². The molecule has 0 saturated heterocycles. The molecule has 7 aromatic carbocycles. The standard InChI is InChI=1S/C14H10O4.C14H10OS.C13H10O.C10H12O2.4C2H6.CH4/c15-13(11-7-3-1-4-8-11)17-18-14(16)12-9-5-2-6-10-12;1-9-6-7-13-11(8-9)14(15)10-4-2-3-5-12(10)16-13;14-13(11-7-3-1-4-8-11)12-9-5-2-6-10-12;1-10(2,12)9(11)8-6-4-3-5-7-8;4*1-2;/h1-10H;2-8H,1H3;1-10H;3-7,12H,1-2H3;4*1-2H3;1H4. The van der Waals surface area contributed by atoms with Crippen LogP contribution < -0.4 is 5.43 Å². The zero-order valence-electron chi connectivity index (χ0n) is 41.2. The minimum atomic E-state index is -1.28. The zero-order valence-corrected chi connectivity index (χ0v) is 42.0. The summed E-state index contributed by atoms with van der Waals surface area (Å²) in [5, 5.41) is 11.1. The second kappa shape index (κ2) is 34.9. The third kappa shape index (κ3) is 21.0. The number of hydrogen-bond acceptors (Lipinski definition) is 9. The molecule has 0 fully saturated rings.